The van der Waals surface area contributed by atoms with Crippen LogP contribution in [0.5, 0.6) is 5.75 Å². The molecule has 0 saturated carbocycles. The summed E-state index contributed by atoms with van der Waals surface area (Å²) in [4.78, 5) is 16.4. The molecule has 0 saturated heterocycles. The summed E-state index contributed by atoms with van der Waals surface area (Å²) in [6.07, 6.45) is 0. The molecule has 0 fully saturated rings. The molecule has 0 aliphatic carbocycles. The summed E-state index contributed by atoms with van der Waals surface area (Å²) in [6.45, 7) is 4.44. The molecule has 5 heteroatoms. The molecule has 0 aliphatic rings. The number of hydrogen-bond acceptors (Lipinski definition) is 4. The fourth-order valence-corrected chi connectivity index (χ4v) is 3.23. The van der Waals surface area contributed by atoms with Gasteiger partial charge in [0.05, 0.1) is 16.8 Å². The van der Waals surface area contributed by atoms with Gasteiger partial charge in [-0.25, -0.2) is 4.98 Å². The average molecular weight is 326 g/mol. The maximum atomic E-state index is 11.9. The Bertz CT molecular complexity index is 809. The zero-order chi connectivity index (χ0) is 16.2. The van der Waals surface area contributed by atoms with Gasteiger partial charge in [0.2, 0.25) is 0 Å². The van der Waals surface area contributed by atoms with Gasteiger partial charge in [-0.15, -0.1) is 11.3 Å². The minimum absolute atomic E-state index is 0.00873. The first-order chi connectivity index (χ1) is 11.1. The van der Waals surface area contributed by atoms with E-state index in [1.807, 2.05) is 56.3 Å². The molecule has 1 aromatic heterocycles. The van der Waals surface area contributed by atoms with E-state index in [9.17, 15) is 4.79 Å². The highest BCUT2D eigenvalue weighted by atomic mass is 32.1. The summed E-state index contributed by atoms with van der Waals surface area (Å²) in [6, 6.07) is 13.9. The number of thiazole rings is 1. The van der Waals surface area contributed by atoms with E-state index in [0.717, 1.165) is 26.5 Å². The number of aromatic nitrogens is 1. The normalized spacial score (nSPS) is 10.7. The first kappa shape index (κ1) is 15.5. The molecule has 1 N–H and O–H groups in total. The second kappa shape index (κ2) is 6.79. The van der Waals surface area contributed by atoms with Crippen LogP contribution >= 0.6 is 11.3 Å². The van der Waals surface area contributed by atoms with Crippen molar-refractivity contribution in [2.45, 2.75) is 20.4 Å². The number of aryl methyl sites for hydroxylation is 2. The molecule has 2 aromatic carbocycles. The summed E-state index contributed by atoms with van der Waals surface area (Å²) in [5.41, 5.74) is 3.17. The number of ether oxygens (including phenoxy) is 1. The molecular weight excluding hydrogens is 308 g/mol. The van der Waals surface area contributed by atoms with Gasteiger partial charge < -0.3 is 10.1 Å². The van der Waals surface area contributed by atoms with Crippen LogP contribution in [0.4, 0.5) is 0 Å². The van der Waals surface area contributed by atoms with Gasteiger partial charge in [-0.1, -0.05) is 29.8 Å². The largest absolute Gasteiger partial charge is 0.484 e. The fourth-order valence-electron chi connectivity index (χ4n) is 2.33. The molecule has 23 heavy (non-hydrogen) atoms. The molecule has 1 amide bonds. The van der Waals surface area contributed by atoms with Gasteiger partial charge >= 0.3 is 0 Å². The Morgan fingerprint density at radius 1 is 1.22 bits per heavy atom. The lowest BCUT2D eigenvalue weighted by molar-refractivity contribution is -0.123. The number of amides is 1. The van der Waals surface area contributed by atoms with Crippen molar-refractivity contribution in [2.24, 2.45) is 0 Å². The number of hydrogen-bond donors (Lipinski definition) is 1. The second-order valence-electron chi connectivity index (χ2n) is 5.41. The number of benzene rings is 2. The molecule has 3 aromatic rings. The van der Waals surface area contributed by atoms with Gasteiger partial charge in [-0.3, -0.25) is 4.79 Å². The average Bonchev–Trinajstić information content (AvgIpc) is 2.95. The third-order valence-corrected chi connectivity index (χ3v) is 4.50. The van der Waals surface area contributed by atoms with Crippen LogP contribution in [-0.2, 0) is 11.3 Å². The standard InChI is InChI=1S/C18H18N2O2S/c1-12-7-8-15(13(2)9-12)22-11-17(21)19-10-18-20-14-5-3-4-6-16(14)23-18/h3-9H,10-11H2,1-2H3,(H,19,21). The highest BCUT2D eigenvalue weighted by Gasteiger charge is 2.07. The number of carbonyl (C=O) groups excluding carboxylic acids is 1. The summed E-state index contributed by atoms with van der Waals surface area (Å²) in [5.74, 6) is 0.593. The molecule has 3 rings (SSSR count). The zero-order valence-corrected chi connectivity index (χ0v) is 13.9. The number of carbonyl (C=O) groups is 1. The van der Waals surface area contributed by atoms with Crippen LogP contribution in [-0.4, -0.2) is 17.5 Å². The van der Waals surface area contributed by atoms with E-state index in [2.05, 4.69) is 10.3 Å². The lowest BCUT2D eigenvalue weighted by atomic mass is 10.1. The van der Waals surface area contributed by atoms with Crippen molar-refractivity contribution >= 4 is 27.5 Å². The van der Waals surface area contributed by atoms with Gasteiger partial charge in [-0.2, -0.15) is 0 Å². The van der Waals surface area contributed by atoms with E-state index in [4.69, 9.17) is 4.74 Å². The predicted molar refractivity (Wildman–Crippen MR) is 92.9 cm³/mol. The Labute approximate surface area is 139 Å². The maximum absolute atomic E-state index is 11.9. The van der Waals surface area contributed by atoms with Gasteiger partial charge in [0.25, 0.3) is 5.91 Å². The molecule has 0 bridgehead atoms. The molecule has 1 heterocycles. The van der Waals surface area contributed by atoms with E-state index in [1.54, 1.807) is 11.3 Å². The van der Waals surface area contributed by atoms with Crippen molar-refractivity contribution in [3.05, 3.63) is 58.6 Å². The quantitative estimate of drug-likeness (QED) is 0.779. The summed E-state index contributed by atoms with van der Waals surface area (Å²) in [7, 11) is 0. The lowest BCUT2D eigenvalue weighted by Gasteiger charge is -2.09. The second-order valence-corrected chi connectivity index (χ2v) is 6.52. The van der Waals surface area contributed by atoms with Crippen molar-refractivity contribution in [2.75, 3.05) is 6.61 Å². The van der Waals surface area contributed by atoms with Crippen LogP contribution in [0, 0.1) is 13.8 Å². The van der Waals surface area contributed by atoms with Crippen molar-refractivity contribution in [1.82, 2.24) is 10.3 Å². The zero-order valence-electron chi connectivity index (χ0n) is 13.1. The SMILES string of the molecule is Cc1ccc(OCC(=O)NCc2nc3ccccc3s2)c(C)c1. The maximum Gasteiger partial charge on any atom is 0.258 e. The molecule has 0 atom stereocenters. The van der Waals surface area contributed by atoms with Crippen molar-refractivity contribution in [3.63, 3.8) is 0 Å². The van der Waals surface area contributed by atoms with E-state index >= 15 is 0 Å². The minimum atomic E-state index is -0.149. The Hall–Kier alpha value is -2.40. The Morgan fingerprint density at radius 2 is 2.04 bits per heavy atom. The smallest absolute Gasteiger partial charge is 0.258 e. The number of rotatable bonds is 5. The van der Waals surface area contributed by atoms with Gasteiger partial charge in [0, 0.05) is 0 Å². The third-order valence-electron chi connectivity index (χ3n) is 3.46. The van der Waals surface area contributed by atoms with Crippen LogP contribution in [0.2, 0.25) is 0 Å². The third kappa shape index (κ3) is 3.87. The van der Waals surface area contributed by atoms with Crippen LogP contribution < -0.4 is 10.1 Å². The topological polar surface area (TPSA) is 51.2 Å². The number of fused-ring (bicyclic) bond motifs is 1. The summed E-state index contributed by atoms with van der Waals surface area (Å²) >= 11 is 1.59. The molecule has 0 unspecified atom stereocenters. The highest BCUT2D eigenvalue weighted by molar-refractivity contribution is 7.18. The molecule has 4 nitrogen and oxygen atoms in total. The fraction of sp³-hybridized carbons (Fsp3) is 0.222. The molecule has 118 valence electrons. The minimum Gasteiger partial charge on any atom is -0.484 e. The summed E-state index contributed by atoms with van der Waals surface area (Å²) < 4.78 is 6.70. The van der Waals surface area contributed by atoms with Crippen molar-refractivity contribution in [1.29, 1.82) is 0 Å². The lowest BCUT2D eigenvalue weighted by Crippen LogP contribution is -2.28. The first-order valence-electron chi connectivity index (χ1n) is 7.43. The van der Waals surface area contributed by atoms with E-state index in [1.165, 1.54) is 5.56 Å². The van der Waals surface area contributed by atoms with Crippen LogP contribution in [0.25, 0.3) is 10.2 Å². The first-order valence-corrected chi connectivity index (χ1v) is 8.24. The van der Waals surface area contributed by atoms with E-state index in [0.29, 0.717) is 6.54 Å². The van der Waals surface area contributed by atoms with Crippen LogP contribution in [0.1, 0.15) is 16.1 Å². The van der Waals surface area contributed by atoms with Crippen LogP contribution in [0.15, 0.2) is 42.5 Å². The monoisotopic (exact) mass is 326 g/mol. The molecule has 0 aliphatic heterocycles. The highest BCUT2D eigenvalue weighted by Crippen LogP contribution is 2.21. The Balaban J connectivity index is 1.53. The Morgan fingerprint density at radius 3 is 2.83 bits per heavy atom. The molecule has 0 spiro atoms. The number of nitrogens with zero attached hydrogens (tertiary/aromatic N) is 1. The molecular formula is C18H18N2O2S. The van der Waals surface area contributed by atoms with E-state index in [-0.39, 0.29) is 12.5 Å². The van der Waals surface area contributed by atoms with Gasteiger partial charge in [0.15, 0.2) is 6.61 Å². The van der Waals surface area contributed by atoms with Gasteiger partial charge in [-0.05, 0) is 37.6 Å². The van der Waals surface area contributed by atoms with Crippen LogP contribution in [0.3, 0.4) is 0 Å². The number of para-hydroxylation sites is 1. The molecule has 0 radical (unpaired) electrons. The van der Waals surface area contributed by atoms with Crippen molar-refractivity contribution < 1.29 is 9.53 Å². The van der Waals surface area contributed by atoms with Crippen molar-refractivity contribution in [3.8, 4) is 5.75 Å². The number of nitrogens with one attached hydrogen (secondary N) is 1. The summed E-state index contributed by atoms with van der Waals surface area (Å²) in [5, 5.41) is 3.74. The van der Waals surface area contributed by atoms with Gasteiger partial charge in [0.1, 0.15) is 10.8 Å². The predicted octanol–water partition coefficient (Wildman–Crippen LogP) is 3.61. The Kier molecular flexibility index (Phi) is 4.57. The van der Waals surface area contributed by atoms with E-state index < -0.39 is 0 Å².